The molecule has 162 valence electrons. The zero-order chi connectivity index (χ0) is 21.7. The van der Waals surface area contributed by atoms with Gasteiger partial charge in [0.2, 0.25) is 5.91 Å². The molecule has 30 heavy (non-hydrogen) atoms. The smallest absolute Gasteiger partial charge is 0.264 e. The minimum absolute atomic E-state index is 0.0905. The molecule has 0 aromatic heterocycles. The average molecular weight is 435 g/mol. The van der Waals surface area contributed by atoms with Gasteiger partial charge in [0.05, 0.1) is 38.0 Å². The van der Waals surface area contributed by atoms with E-state index < -0.39 is 10.0 Å². The number of sulfonamides is 1. The van der Waals surface area contributed by atoms with Crippen LogP contribution in [0.3, 0.4) is 0 Å². The molecule has 0 unspecified atom stereocenters. The number of nitrogens with zero attached hydrogens (tertiary/aromatic N) is 2. The normalized spacial score (nSPS) is 14.3. The molecule has 0 N–H and O–H groups in total. The Kier molecular flexibility index (Phi) is 6.84. The molecule has 2 aromatic carbocycles. The molecule has 0 bridgehead atoms. The van der Waals surface area contributed by atoms with Crippen LogP contribution in [0.5, 0.6) is 11.5 Å². The first-order valence-corrected chi connectivity index (χ1v) is 11.0. The van der Waals surface area contributed by atoms with E-state index in [1.165, 1.54) is 26.4 Å². The van der Waals surface area contributed by atoms with Gasteiger partial charge in [0.15, 0.2) is 0 Å². The Balaban J connectivity index is 2.06. The Morgan fingerprint density at radius 3 is 2.33 bits per heavy atom. The third kappa shape index (κ3) is 4.68. The molecule has 0 spiro atoms. The highest BCUT2D eigenvalue weighted by atomic mass is 32.2. The summed E-state index contributed by atoms with van der Waals surface area (Å²) in [6.45, 7) is 3.22. The summed E-state index contributed by atoms with van der Waals surface area (Å²) in [7, 11) is -1.10. The number of carbonyl (C=O) groups excluding carboxylic acids is 1. The predicted octanol–water partition coefficient (Wildman–Crippen LogP) is 2.07. The zero-order valence-electron chi connectivity index (χ0n) is 17.3. The monoisotopic (exact) mass is 434 g/mol. The maximum atomic E-state index is 13.6. The first kappa shape index (κ1) is 21.9. The third-order valence-corrected chi connectivity index (χ3v) is 6.68. The van der Waals surface area contributed by atoms with Gasteiger partial charge in [-0.2, -0.15) is 0 Å². The second-order valence-corrected chi connectivity index (χ2v) is 8.72. The first-order chi connectivity index (χ1) is 14.4. The highest BCUT2D eigenvalue weighted by Crippen LogP contribution is 2.35. The van der Waals surface area contributed by atoms with Gasteiger partial charge in [0.25, 0.3) is 10.0 Å². The van der Waals surface area contributed by atoms with Crippen molar-refractivity contribution in [2.24, 2.45) is 0 Å². The van der Waals surface area contributed by atoms with Crippen molar-refractivity contribution in [3.63, 3.8) is 0 Å². The van der Waals surface area contributed by atoms with Crippen LogP contribution in [0.2, 0.25) is 0 Å². The van der Waals surface area contributed by atoms with Crippen molar-refractivity contribution >= 4 is 21.6 Å². The van der Waals surface area contributed by atoms with E-state index in [1.807, 2.05) is 6.92 Å². The van der Waals surface area contributed by atoms with Crippen molar-refractivity contribution < 1.29 is 27.4 Å². The Bertz CT molecular complexity index is 985. The van der Waals surface area contributed by atoms with Gasteiger partial charge in [0.1, 0.15) is 18.0 Å². The number of benzene rings is 2. The molecule has 1 amide bonds. The maximum Gasteiger partial charge on any atom is 0.264 e. The molecule has 2 aromatic rings. The minimum atomic E-state index is -4.04. The third-order valence-electron chi connectivity index (χ3n) is 4.91. The summed E-state index contributed by atoms with van der Waals surface area (Å²) in [4.78, 5) is 14.7. The van der Waals surface area contributed by atoms with Crippen LogP contribution in [0.4, 0.5) is 5.69 Å². The van der Waals surface area contributed by atoms with Crippen LogP contribution in [0.1, 0.15) is 5.56 Å². The average Bonchev–Trinajstić information content (AvgIpc) is 2.77. The van der Waals surface area contributed by atoms with E-state index in [0.717, 1.165) is 9.87 Å². The summed E-state index contributed by atoms with van der Waals surface area (Å²) in [5, 5.41) is 0. The van der Waals surface area contributed by atoms with Crippen LogP contribution in [0.15, 0.2) is 47.4 Å². The highest BCUT2D eigenvalue weighted by molar-refractivity contribution is 7.92. The number of amides is 1. The molecule has 9 heteroatoms. The second-order valence-electron chi connectivity index (χ2n) is 6.86. The molecule has 1 aliphatic rings. The van der Waals surface area contributed by atoms with E-state index in [0.29, 0.717) is 37.8 Å². The van der Waals surface area contributed by atoms with E-state index in [9.17, 15) is 13.2 Å². The Hall–Kier alpha value is -2.78. The molecule has 3 rings (SSSR count). The van der Waals surface area contributed by atoms with Gasteiger partial charge in [0, 0.05) is 19.2 Å². The van der Waals surface area contributed by atoms with E-state index in [-0.39, 0.29) is 23.0 Å². The summed E-state index contributed by atoms with van der Waals surface area (Å²) in [6.07, 6.45) is 0. The first-order valence-electron chi connectivity index (χ1n) is 9.54. The molecular formula is C21H26N2O6S. The predicted molar refractivity (Wildman–Crippen MR) is 113 cm³/mol. The van der Waals surface area contributed by atoms with Crippen LogP contribution in [0, 0.1) is 6.92 Å². The topological polar surface area (TPSA) is 85.4 Å². The summed E-state index contributed by atoms with van der Waals surface area (Å²) in [6, 6.07) is 11.3. The lowest BCUT2D eigenvalue weighted by Crippen LogP contribution is -2.47. The maximum absolute atomic E-state index is 13.6. The fraction of sp³-hybridized carbons (Fsp3) is 0.381. The Labute approximate surface area is 177 Å². The number of methoxy groups -OCH3 is 2. The number of aryl methyl sites for hydroxylation is 1. The largest absolute Gasteiger partial charge is 0.497 e. The molecule has 0 saturated carbocycles. The lowest BCUT2D eigenvalue weighted by atomic mass is 10.2. The van der Waals surface area contributed by atoms with Gasteiger partial charge >= 0.3 is 0 Å². The molecule has 0 atom stereocenters. The lowest BCUT2D eigenvalue weighted by molar-refractivity contribution is -0.133. The zero-order valence-corrected chi connectivity index (χ0v) is 18.1. The summed E-state index contributed by atoms with van der Waals surface area (Å²) in [5.41, 5.74) is 1.17. The van der Waals surface area contributed by atoms with Crippen LogP contribution in [0.25, 0.3) is 0 Å². The van der Waals surface area contributed by atoms with E-state index in [1.54, 1.807) is 35.2 Å². The van der Waals surface area contributed by atoms with E-state index in [2.05, 4.69) is 0 Å². The SMILES string of the molecule is COc1ccc(OC)c(N(CC(=O)N2CCOCC2)S(=O)(=O)c2ccc(C)cc2)c1. The fourth-order valence-corrected chi connectivity index (χ4v) is 4.58. The number of hydrogen-bond donors (Lipinski definition) is 0. The standard InChI is InChI=1S/C21H26N2O6S/c1-16-4-7-18(8-5-16)30(25,26)23(15-21(24)22-10-12-29-13-11-22)19-14-17(27-2)6-9-20(19)28-3/h4-9,14H,10-13,15H2,1-3H3. The van der Waals surface area contributed by atoms with E-state index in [4.69, 9.17) is 14.2 Å². The number of rotatable bonds is 7. The van der Waals surface area contributed by atoms with Gasteiger partial charge in [-0.25, -0.2) is 8.42 Å². The molecule has 0 radical (unpaired) electrons. The van der Waals surface area contributed by atoms with Crippen LogP contribution in [-0.2, 0) is 19.6 Å². The molecular weight excluding hydrogens is 408 g/mol. The van der Waals surface area contributed by atoms with Crippen molar-refractivity contribution in [3.8, 4) is 11.5 Å². The molecule has 1 heterocycles. The summed E-state index contributed by atoms with van der Waals surface area (Å²) in [5.74, 6) is 0.467. The Morgan fingerprint density at radius 1 is 1.07 bits per heavy atom. The highest BCUT2D eigenvalue weighted by Gasteiger charge is 2.31. The van der Waals surface area contributed by atoms with Gasteiger partial charge in [-0.3, -0.25) is 9.10 Å². The number of carbonyl (C=O) groups is 1. The molecule has 1 fully saturated rings. The lowest BCUT2D eigenvalue weighted by Gasteiger charge is -2.31. The van der Waals surface area contributed by atoms with Crippen LogP contribution >= 0.6 is 0 Å². The summed E-state index contributed by atoms with van der Waals surface area (Å²) >= 11 is 0. The molecule has 1 aliphatic heterocycles. The van der Waals surface area contributed by atoms with Gasteiger partial charge < -0.3 is 19.1 Å². The van der Waals surface area contributed by atoms with Crippen LogP contribution < -0.4 is 13.8 Å². The number of hydrogen-bond acceptors (Lipinski definition) is 6. The van der Waals surface area contributed by atoms with Crippen molar-refractivity contribution in [2.75, 3.05) is 51.4 Å². The van der Waals surface area contributed by atoms with E-state index >= 15 is 0 Å². The summed E-state index contributed by atoms with van der Waals surface area (Å²) < 4.78 is 44.2. The van der Waals surface area contributed by atoms with Gasteiger partial charge in [-0.15, -0.1) is 0 Å². The van der Waals surface area contributed by atoms with Crippen molar-refractivity contribution in [1.82, 2.24) is 4.90 Å². The molecule has 0 aliphatic carbocycles. The Morgan fingerprint density at radius 2 is 1.73 bits per heavy atom. The van der Waals surface area contributed by atoms with Gasteiger partial charge in [-0.05, 0) is 31.2 Å². The quantitative estimate of drug-likeness (QED) is 0.663. The molecule has 1 saturated heterocycles. The number of anilines is 1. The van der Waals surface area contributed by atoms with Crippen molar-refractivity contribution in [2.45, 2.75) is 11.8 Å². The van der Waals surface area contributed by atoms with Crippen molar-refractivity contribution in [3.05, 3.63) is 48.0 Å². The molecule has 8 nitrogen and oxygen atoms in total. The minimum Gasteiger partial charge on any atom is -0.497 e. The number of morpholine rings is 1. The van der Waals surface area contributed by atoms with Crippen molar-refractivity contribution in [1.29, 1.82) is 0 Å². The number of ether oxygens (including phenoxy) is 3. The van der Waals surface area contributed by atoms with Gasteiger partial charge in [-0.1, -0.05) is 17.7 Å². The van der Waals surface area contributed by atoms with Crippen LogP contribution in [-0.4, -0.2) is 66.3 Å². The fourth-order valence-electron chi connectivity index (χ4n) is 3.16. The second kappa shape index (κ2) is 9.36.